The third kappa shape index (κ3) is 4.36. The van der Waals surface area contributed by atoms with Gasteiger partial charge in [0.2, 0.25) is 0 Å². The van der Waals surface area contributed by atoms with Crippen LogP contribution in [0.1, 0.15) is 63.1 Å². The first kappa shape index (κ1) is 22.6. The Morgan fingerprint density at radius 3 is 2.12 bits per heavy atom. The second kappa shape index (κ2) is 8.56. The fourth-order valence-corrected chi connectivity index (χ4v) is 6.17. The molecule has 4 nitrogen and oxygen atoms in total. The molecular weight excluding hydrogens is 408 g/mol. The predicted molar refractivity (Wildman–Crippen MR) is 132 cm³/mol. The van der Waals surface area contributed by atoms with Crippen molar-refractivity contribution in [3.8, 4) is 0 Å². The number of hydrogen-bond acceptors (Lipinski definition) is 3. The van der Waals surface area contributed by atoms with Crippen molar-refractivity contribution in [2.75, 3.05) is 13.1 Å². The van der Waals surface area contributed by atoms with Crippen LogP contribution in [-0.2, 0) is 22.4 Å². The van der Waals surface area contributed by atoms with Crippen molar-refractivity contribution >= 4 is 5.91 Å². The number of nitrogens with zero attached hydrogens (tertiary/aromatic N) is 1. The van der Waals surface area contributed by atoms with E-state index in [-0.39, 0.29) is 23.3 Å². The van der Waals surface area contributed by atoms with Gasteiger partial charge in [0.25, 0.3) is 5.91 Å². The lowest BCUT2D eigenvalue weighted by Crippen LogP contribution is -2.50. The van der Waals surface area contributed by atoms with E-state index < -0.39 is 5.60 Å². The van der Waals surface area contributed by atoms with E-state index in [1.54, 1.807) is 0 Å². The van der Waals surface area contributed by atoms with Crippen LogP contribution in [0.3, 0.4) is 0 Å². The van der Waals surface area contributed by atoms with Gasteiger partial charge in [0.15, 0.2) is 5.60 Å². The zero-order chi connectivity index (χ0) is 23.2. The lowest BCUT2D eigenvalue weighted by molar-refractivity contribution is -0.147. The first-order chi connectivity index (χ1) is 15.8. The van der Waals surface area contributed by atoms with E-state index >= 15 is 0 Å². The Morgan fingerprint density at radius 2 is 1.55 bits per heavy atom. The SMILES string of the molecule is CC(C)(C)c1ccc(CN2CC3C(C2)C3NC(=O)C(O)(c2ccccc2)C2CCCC2)cc1. The maximum absolute atomic E-state index is 13.4. The van der Waals surface area contributed by atoms with Crippen molar-refractivity contribution in [3.63, 3.8) is 0 Å². The summed E-state index contributed by atoms with van der Waals surface area (Å²) < 4.78 is 0. The van der Waals surface area contributed by atoms with Gasteiger partial charge in [-0.3, -0.25) is 9.69 Å². The number of carbonyl (C=O) groups excluding carboxylic acids is 1. The fraction of sp³-hybridized carbons (Fsp3) is 0.552. The molecule has 0 spiro atoms. The maximum Gasteiger partial charge on any atom is 0.257 e. The quantitative estimate of drug-likeness (QED) is 0.681. The summed E-state index contributed by atoms with van der Waals surface area (Å²) in [6.45, 7) is 9.74. The third-order valence-corrected chi connectivity index (χ3v) is 8.30. The number of piperidine rings is 1. The molecule has 1 heterocycles. The Kier molecular flexibility index (Phi) is 5.86. The lowest BCUT2D eigenvalue weighted by Gasteiger charge is -2.33. The molecule has 0 bridgehead atoms. The fourth-order valence-electron chi connectivity index (χ4n) is 6.17. The van der Waals surface area contributed by atoms with E-state index in [0.717, 1.165) is 50.9 Å². The van der Waals surface area contributed by atoms with Gasteiger partial charge in [-0.1, -0.05) is 88.2 Å². The van der Waals surface area contributed by atoms with Crippen LogP contribution in [0.2, 0.25) is 0 Å². The minimum Gasteiger partial charge on any atom is -0.375 e. The van der Waals surface area contributed by atoms with Crippen LogP contribution < -0.4 is 5.32 Å². The number of rotatable bonds is 6. The van der Waals surface area contributed by atoms with Crippen molar-refractivity contribution < 1.29 is 9.90 Å². The molecule has 2 N–H and O–H groups in total. The number of nitrogens with one attached hydrogen (secondary N) is 1. The maximum atomic E-state index is 13.4. The molecule has 0 radical (unpaired) electrons. The molecule has 2 aromatic carbocycles. The largest absolute Gasteiger partial charge is 0.375 e. The van der Waals surface area contributed by atoms with Gasteiger partial charge in [0.05, 0.1) is 0 Å². The van der Waals surface area contributed by atoms with Crippen molar-refractivity contribution in [3.05, 3.63) is 71.3 Å². The Hall–Kier alpha value is -2.17. The molecule has 176 valence electrons. The Morgan fingerprint density at radius 1 is 0.939 bits per heavy atom. The number of benzene rings is 2. The van der Waals surface area contributed by atoms with Crippen molar-refractivity contribution in [2.24, 2.45) is 17.8 Å². The highest BCUT2D eigenvalue weighted by Crippen LogP contribution is 2.47. The third-order valence-electron chi connectivity index (χ3n) is 8.30. The first-order valence-corrected chi connectivity index (χ1v) is 12.7. The van der Waals surface area contributed by atoms with Crippen LogP contribution in [0, 0.1) is 17.8 Å². The number of aliphatic hydroxyl groups is 1. The second-order valence-corrected chi connectivity index (χ2v) is 11.6. The van der Waals surface area contributed by atoms with E-state index in [1.165, 1.54) is 11.1 Å². The molecule has 1 saturated heterocycles. The van der Waals surface area contributed by atoms with Gasteiger partial charge in [-0.05, 0) is 46.8 Å². The van der Waals surface area contributed by atoms with E-state index in [2.05, 4.69) is 55.3 Å². The van der Waals surface area contributed by atoms with Crippen LogP contribution in [0.4, 0.5) is 0 Å². The lowest BCUT2D eigenvalue weighted by atomic mass is 9.79. The van der Waals surface area contributed by atoms with Gasteiger partial charge < -0.3 is 10.4 Å². The average molecular weight is 447 g/mol. The highest BCUT2D eigenvalue weighted by atomic mass is 16.3. The number of hydrogen-bond donors (Lipinski definition) is 2. The van der Waals surface area contributed by atoms with Crippen molar-refractivity contribution in [1.82, 2.24) is 10.2 Å². The van der Waals surface area contributed by atoms with Crippen molar-refractivity contribution in [2.45, 2.75) is 70.1 Å². The smallest absolute Gasteiger partial charge is 0.257 e. The monoisotopic (exact) mass is 446 g/mol. The molecule has 3 fully saturated rings. The summed E-state index contributed by atoms with van der Waals surface area (Å²) in [4.78, 5) is 15.9. The van der Waals surface area contributed by atoms with E-state index in [4.69, 9.17) is 0 Å². The molecule has 4 heteroatoms. The minimum atomic E-state index is -1.41. The molecule has 2 aromatic rings. The minimum absolute atomic E-state index is 0.00561. The summed E-state index contributed by atoms with van der Waals surface area (Å²) in [6, 6.07) is 18.8. The molecule has 2 saturated carbocycles. The molecule has 3 atom stereocenters. The van der Waals surface area contributed by atoms with E-state index in [0.29, 0.717) is 11.8 Å². The van der Waals surface area contributed by atoms with E-state index in [1.807, 2.05) is 30.3 Å². The number of fused-ring (bicyclic) bond motifs is 1. The van der Waals surface area contributed by atoms with Gasteiger partial charge in [0.1, 0.15) is 0 Å². The zero-order valence-corrected chi connectivity index (χ0v) is 20.3. The number of amides is 1. The normalized spacial score (nSPS) is 27.2. The van der Waals surface area contributed by atoms with Gasteiger partial charge in [0, 0.05) is 31.6 Å². The average Bonchev–Trinajstić information content (AvgIpc) is 3.21. The van der Waals surface area contributed by atoms with Gasteiger partial charge in [-0.2, -0.15) is 0 Å². The molecule has 3 unspecified atom stereocenters. The highest BCUT2D eigenvalue weighted by molar-refractivity contribution is 5.87. The zero-order valence-electron chi connectivity index (χ0n) is 20.3. The Bertz CT molecular complexity index is 963. The van der Waals surface area contributed by atoms with E-state index in [9.17, 15) is 9.90 Å². The summed E-state index contributed by atoms with van der Waals surface area (Å²) in [7, 11) is 0. The van der Waals surface area contributed by atoms with Crippen molar-refractivity contribution in [1.29, 1.82) is 0 Å². The van der Waals surface area contributed by atoms with Crippen LogP contribution in [0.15, 0.2) is 54.6 Å². The summed E-state index contributed by atoms with van der Waals surface area (Å²) >= 11 is 0. The van der Waals surface area contributed by atoms with Gasteiger partial charge >= 0.3 is 0 Å². The summed E-state index contributed by atoms with van der Waals surface area (Å²) in [5, 5.41) is 15.0. The predicted octanol–water partition coefficient (Wildman–Crippen LogP) is 4.61. The number of carbonyl (C=O) groups is 1. The summed E-state index contributed by atoms with van der Waals surface area (Å²) in [5.74, 6) is 0.827. The van der Waals surface area contributed by atoms with Gasteiger partial charge in [-0.25, -0.2) is 0 Å². The van der Waals surface area contributed by atoms with Gasteiger partial charge in [-0.15, -0.1) is 0 Å². The summed E-state index contributed by atoms with van der Waals surface area (Å²) in [6.07, 6.45) is 4.01. The molecule has 5 rings (SSSR count). The molecule has 2 aliphatic carbocycles. The Balaban J connectivity index is 1.19. The van der Waals surface area contributed by atoms with Crippen LogP contribution >= 0.6 is 0 Å². The second-order valence-electron chi connectivity index (χ2n) is 11.6. The molecule has 0 aromatic heterocycles. The van der Waals surface area contributed by atoms with Crippen LogP contribution in [0.25, 0.3) is 0 Å². The standard InChI is InChI=1S/C29H38N2O2/c1-28(2,3)21-15-13-20(14-16-21)17-31-18-24-25(19-31)26(24)30-27(32)29(33,23-11-7-8-12-23)22-9-5-4-6-10-22/h4-6,9-10,13-16,23-26,33H,7-8,11-12,17-19H2,1-3H3,(H,30,32). The molecule has 1 amide bonds. The molecule has 33 heavy (non-hydrogen) atoms. The topological polar surface area (TPSA) is 52.6 Å². The van der Waals surface area contributed by atoms with Crippen LogP contribution in [-0.4, -0.2) is 35.0 Å². The molecule has 3 aliphatic rings. The van der Waals surface area contributed by atoms with Crippen LogP contribution in [0.5, 0.6) is 0 Å². The molecular formula is C29H38N2O2. The highest BCUT2D eigenvalue weighted by Gasteiger charge is 2.58. The molecule has 1 aliphatic heterocycles. The summed E-state index contributed by atoms with van der Waals surface area (Å²) in [5.41, 5.74) is 2.22. The first-order valence-electron chi connectivity index (χ1n) is 12.7. The number of likely N-dealkylation sites (tertiary alicyclic amines) is 1. The Labute approximate surface area is 198 Å².